The highest BCUT2D eigenvalue weighted by molar-refractivity contribution is 5.84. The molecule has 7 heteroatoms. The summed E-state index contributed by atoms with van der Waals surface area (Å²) in [5, 5.41) is 12.1. The van der Waals surface area contributed by atoms with Gasteiger partial charge in [-0.25, -0.2) is 4.98 Å². The van der Waals surface area contributed by atoms with Crippen LogP contribution >= 0.6 is 0 Å². The molecule has 0 fully saturated rings. The van der Waals surface area contributed by atoms with Gasteiger partial charge in [0.05, 0.1) is 12.9 Å². The third-order valence-electron chi connectivity index (χ3n) is 2.65. The maximum atomic E-state index is 9.15. The number of H-pyrrole nitrogens is 1. The van der Waals surface area contributed by atoms with Gasteiger partial charge in [-0.3, -0.25) is 0 Å². The minimum Gasteiger partial charge on any atom is -0.395 e. The molecule has 0 aliphatic heterocycles. The van der Waals surface area contributed by atoms with Crippen LogP contribution in [0.25, 0.3) is 11.2 Å². The summed E-state index contributed by atoms with van der Waals surface area (Å²) >= 11 is 0. The SMILES string of the molecule is CCCN(CCO)c1nc(NC)nc2nc[nH]c12. The molecule has 2 heterocycles. The quantitative estimate of drug-likeness (QED) is 0.695. The molecule has 2 aromatic rings. The highest BCUT2D eigenvalue weighted by Gasteiger charge is 2.15. The van der Waals surface area contributed by atoms with E-state index in [1.54, 1.807) is 13.4 Å². The van der Waals surface area contributed by atoms with Gasteiger partial charge in [0, 0.05) is 20.1 Å². The van der Waals surface area contributed by atoms with E-state index in [9.17, 15) is 0 Å². The minimum absolute atomic E-state index is 0.0918. The maximum Gasteiger partial charge on any atom is 0.226 e. The molecule has 0 aliphatic rings. The van der Waals surface area contributed by atoms with Gasteiger partial charge < -0.3 is 20.3 Å². The molecule has 2 aromatic heterocycles. The summed E-state index contributed by atoms with van der Waals surface area (Å²) in [6.07, 6.45) is 2.58. The number of aromatic amines is 1. The molecular weight excluding hydrogens is 232 g/mol. The number of aliphatic hydroxyl groups is 1. The van der Waals surface area contributed by atoms with Crippen LogP contribution in [0.15, 0.2) is 6.33 Å². The summed E-state index contributed by atoms with van der Waals surface area (Å²) in [5.74, 6) is 1.31. The number of rotatable bonds is 6. The molecule has 0 aromatic carbocycles. The second-order valence-corrected chi connectivity index (χ2v) is 3.93. The maximum absolute atomic E-state index is 9.15. The van der Waals surface area contributed by atoms with Gasteiger partial charge in [0.15, 0.2) is 11.5 Å². The Bertz CT molecular complexity index is 505. The van der Waals surface area contributed by atoms with E-state index in [2.05, 4.69) is 32.2 Å². The molecule has 0 aliphatic carbocycles. The Kier molecular flexibility index (Phi) is 3.93. The number of anilines is 2. The zero-order chi connectivity index (χ0) is 13.0. The van der Waals surface area contributed by atoms with Gasteiger partial charge in [-0.2, -0.15) is 9.97 Å². The number of fused-ring (bicyclic) bond motifs is 1. The van der Waals surface area contributed by atoms with E-state index in [-0.39, 0.29) is 6.61 Å². The first-order chi connectivity index (χ1) is 8.80. The van der Waals surface area contributed by atoms with Crippen LogP contribution < -0.4 is 10.2 Å². The predicted molar refractivity (Wildman–Crippen MR) is 70.8 cm³/mol. The number of nitrogens with one attached hydrogen (secondary N) is 2. The fraction of sp³-hybridized carbons (Fsp3) is 0.545. The Morgan fingerprint density at radius 2 is 2.22 bits per heavy atom. The monoisotopic (exact) mass is 250 g/mol. The lowest BCUT2D eigenvalue weighted by molar-refractivity contribution is 0.301. The van der Waals surface area contributed by atoms with E-state index >= 15 is 0 Å². The van der Waals surface area contributed by atoms with Crippen LogP contribution in [0.4, 0.5) is 11.8 Å². The van der Waals surface area contributed by atoms with Crippen molar-refractivity contribution in [3.63, 3.8) is 0 Å². The molecule has 18 heavy (non-hydrogen) atoms. The van der Waals surface area contributed by atoms with Crippen molar-refractivity contribution in [1.29, 1.82) is 0 Å². The summed E-state index contributed by atoms with van der Waals surface area (Å²) in [7, 11) is 1.77. The number of hydrogen-bond donors (Lipinski definition) is 3. The Labute approximate surface area is 105 Å². The van der Waals surface area contributed by atoms with Crippen LogP contribution in [0.3, 0.4) is 0 Å². The van der Waals surface area contributed by atoms with Crippen molar-refractivity contribution in [2.24, 2.45) is 0 Å². The van der Waals surface area contributed by atoms with Crippen molar-refractivity contribution in [3.05, 3.63) is 6.33 Å². The molecule has 0 amide bonds. The van der Waals surface area contributed by atoms with Crippen molar-refractivity contribution >= 4 is 22.9 Å². The lowest BCUT2D eigenvalue weighted by Crippen LogP contribution is -2.28. The third-order valence-corrected chi connectivity index (χ3v) is 2.65. The molecule has 0 saturated carbocycles. The highest BCUT2D eigenvalue weighted by atomic mass is 16.3. The van der Waals surface area contributed by atoms with Gasteiger partial charge in [0.2, 0.25) is 5.95 Å². The summed E-state index contributed by atoms with van der Waals surface area (Å²) in [5.41, 5.74) is 1.43. The van der Waals surface area contributed by atoms with E-state index in [0.29, 0.717) is 18.1 Å². The summed E-state index contributed by atoms with van der Waals surface area (Å²) in [6, 6.07) is 0. The number of aromatic nitrogens is 4. The molecule has 7 nitrogen and oxygen atoms in total. The van der Waals surface area contributed by atoms with Crippen LogP contribution in [-0.2, 0) is 0 Å². The lowest BCUT2D eigenvalue weighted by atomic mass is 10.3. The normalized spacial score (nSPS) is 10.8. The standard InChI is InChI=1S/C11H18N6O/c1-3-4-17(5-6-18)10-8-9(14-7-13-8)15-11(12-2)16-10/h7,18H,3-6H2,1-2H3,(H2,12,13,14,15,16). The molecule has 2 rings (SSSR count). The molecule has 0 saturated heterocycles. The molecule has 0 atom stereocenters. The van der Waals surface area contributed by atoms with Crippen molar-refractivity contribution in [2.45, 2.75) is 13.3 Å². The number of nitrogens with zero attached hydrogens (tertiary/aromatic N) is 4. The molecule has 0 spiro atoms. The van der Waals surface area contributed by atoms with Crippen molar-refractivity contribution < 1.29 is 5.11 Å². The van der Waals surface area contributed by atoms with Gasteiger partial charge in [-0.15, -0.1) is 0 Å². The number of hydrogen-bond acceptors (Lipinski definition) is 6. The Morgan fingerprint density at radius 1 is 1.39 bits per heavy atom. The first-order valence-electron chi connectivity index (χ1n) is 6.04. The number of imidazole rings is 1. The molecule has 0 unspecified atom stereocenters. The van der Waals surface area contributed by atoms with E-state index < -0.39 is 0 Å². The second kappa shape index (κ2) is 5.63. The van der Waals surface area contributed by atoms with E-state index in [1.165, 1.54) is 0 Å². The van der Waals surface area contributed by atoms with Gasteiger partial charge >= 0.3 is 0 Å². The van der Waals surface area contributed by atoms with Gasteiger partial charge in [0.1, 0.15) is 5.52 Å². The van der Waals surface area contributed by atoms with E-state index in [4.69, 9.17) is 5.11 Å². The Hall–Kier alpha value is -1.89. The smallest absolute Gasteiger partial charge is 0.226 e. The van der Waals surface area contributed by atoms with Crippen LogP contribution in [-0.4, -0.2) is 51.8 Å². The Balaban J connectivity index is 2.48. The first-order valence-corrected chi connectivity index (χ1v) is 6.04. The van der Waals surface area contributed by atoms with E-state index in [0.717, 1.165) is 24.3 Å². The minimum atomic E-state index is 0.0918. The molecular formula is C11H18N6O. The molecule has 0 radical (unpaired) electrons. The summed E-state index contributed by atoms with van der Waals surface area (Å²) in [6.45, 7) is 3.56. The average Bonchev–Trinajstić information content (AvgIpc) is 2.85. The van der Waals surface area contributed by atoms with Crippen molar-refractivity contribution in [1.82, 2.24) is 19.9 Å². The molecule has 0 bridgehead atoms. The fourth-order valence-corrected chi connectivity index (χ4v) is 1.87. The third kappa shape index (κ3) is 2.35. The lowest BCUT2D eigenvalue weighted by Gasteiger charge is -2.22. The van der Waals surface area contributed by atoms with Crippen molar-refractivity contribution in [2.75, 3.05) is 37.0 Å². The first kappa shape index (κ1) is 12.6. The predicted octanol–water partition coefficient (Wildman–Crippen LogP) is 0.603. The topological polar surface area (TPSA) is 90.0 Å². The van der Waals surface area contributed by atoms with Crippen molar-refractivity contribution in [3.8, 4) is 0 Å². The molecule has 98 valence electrons. The zero-order valence-corrected chi connectivity index (χ0v) is 10.6. The van der Waals surface area contributed by atoms with Crippen LogP contribution in [0.1, 0.15) is 13.3 Å². The second-order valence-electron chi connectivity index (χ2n) is 3.93. The van der Waals surface area contributed by atoms with Crippen LogP contribution in [0.5, 0.6) is 0 Å². The van der Waals surface area contributed by atoms with Gasteiger partial charge in [-0.05, 0) is 6.42 Å². The van der Waals surface area contributed by atoms with Crippen LogP contribution in [0.2, 0.25) is 0 Å². The zero-order valence-electron chi connectivity index (χ0n) is 10.6. The largest absolute Gasteiger partial charge is 0.395 e. The van der Waals surface area contributed by atoms with Gasteiger partial charge in [-0.1, -0.05) is 6.92 Å². The Morgan fingerprint density at radius 3 is 2.89 bits per heavy atom. The number of aliphatic hydroxyl groups excluding tert-OH is 1. The molecule has 3 N–H and O–H groups in total. The van der Waals surface area contributed by atoms with Gasteiger partial charge in [0.25, 0.3) is 0 Å². The van der Waals surface area contributed by atoms with E-state index in [1.807, 2.05) is 4.90 Å². The fourth-order valence-electron chi connectivity index (χ4n) is 1.87. The summed E-state index contributed by atoms with van der Waals surface area (Å²) in [4.78, 5) is 17.9. The van der Waals surface area contributed by atoms with Crippen LogP contribution in [0, 0.1) is 0 Å². The average molecular weight is 250 g/mol. The summed E-state index contributed by atoms with van der Waals surface area (Å²) < 4.78 is 0. The highest BCUT2D eigenvalue weighted by Crippen LogP contribution is 2.22.